The van der Waals surface area contributed by atoms with E-state index >= 15 is 0 Å². The number of H-pyrrole nitrogens is 1. The van der Waals surface area contributed by atoms with Crippen molar-refractivity contribution in [1.82, 2.24) is 24.6 Å². The van der Waals surface area contributed by atoms with Gasteiger partial charge >= 0.3 is 0 Å². The smallest absolute Gasteiger partial charge is 0.262 e. The fourth-order valence-corrected chi connectivity index (χ4v) is 5.80. The third-order valence-corrected chi connectivity index (χ3v) is 7.51. The Bertz CT molecular complexity index is 1220. The summed E-state index contributed by atoms with van der Waals surface area (Å²) >= 11 is 1.10. The van der Waals surface area contributed by atoms with E-state index < -0.39 is 9.84 Å². The first kappa shape index (κ1) is 19.6. The second-order valence-electron chi connectivity index (χ2n) is 6.85. The van der Waals surface area contributed by atoms with Gasteiger partial charge in [-0.15, -0.1) is 0 Å². The van der Waals surface area contributed by atoms with Gasteiger partial charge in [0.1, 0.15) is 5.39 Å². The van der Waals surface area contributed by atoms with Crippen LogP contribution in [0.15, 0.2) is 46.5 Å². The zero-order valence-corrected chi connectivity index (χ0v) is 17.2. The van der Waals surface area contributed by atoms with Crippen LogP contribution < -0.4 is 5.56 Å². The summed E-state index contributed by atoms with van der Waals surface area (Å²) in [6.07, 6.45) is 1.91. The van der Waals surface area contributed by atoms with Crippen molar-refractivity contribution in [2.75, 3.05) is 24.3 Å². The van der Waals surface area contributed by atoms with Crippen molar-refractivity contribution in [1.29, 1.82) is 0 Å². The Balaban J connectivity index is 1.53. The molecule has 9 nitrogen and oxygen atoms in total. The number of amides is 1. The summed E-state index contributed by atoms with van der Waals surface area (Å²) in [5, 5.41) is 4.92. The van der Waals surface area contributed by atoms with Crippen LogP contribution in [0, 0.1) is 0 Å². The van der Waals surface area contributed by atoms with Crippen molar-refractivity contribution in [3.05, 3.63) is 46.9 Å². The van der Waals surface area contributed by atoms with Gasteiger partial charge in [0.2, 0.25) is 5.91 Å². The Labute approximate surface area is 171 Å². The number of benzene rings is 1. The van der Waals surface area contributed by atoms with E-state index in [-0.39, 0.29) is 34.8 Å². The standard InChI is InChI=1S/C18H19N5O4S2/c1-22(13-7-8-29(26,27)11-13)15(24)10-28-18-20-16-14(17(25)21-18)9-19-23(16)12-5-3-2-4-6-12/h2-6,9,13H,7-8,10-11H2,1H3,(H,20,21,25). The van der Waals surface area contributed by atoms with Crippen LogP contribution in [0.1, 0.15) is 6.42 Å². The van der Waals surface area contributed by atoms with Crippen LogP contribution in [0.4, 0.5) is 0 Å². The summed E-state index contributed by atoms with van der Waals surface area (Å²) in [5.74, 6) is -0.0632. The minimum Gasteiger partial charge on any atom is -0.341 e. The number of sulfone groups is 1. The SMILES string of the molecule is CN(C(=O)CSc1nc2c(cnn2-c2ccccc2)c(=O)[nH]1)C1CCS(=O)(=O)C1. The maximum absolute atomic E-state index is 12.5. The number of nitrogens with one attached hydrogen (secondary N) is 1. The van der Waals surface area contributed by atoms with Crippen molar-refractivity contribution >= 4 is 38.5 Å². The normalized spacial score (nSPS) is 18.2. The molecule has 1 aliphatic rings. The van der Waals surface area contributed by atoms with E-state index in [1.54, 1.807) is 11.7 Å². The molecule has 1 amide bonds. The van der Waals surface area contributed by atoms with Crippen molar-refractivity contribution in [2.45, 2.75) is 17.6 Å². The van der Waals surface area contributed by atoms with Gasteiger partial charge in [-0.1, -0.05) is 30.0 Å². The summed E-state index contributed by atoms with van der Waals surface area (Å²) in [6, 6.07) is 9.02. The third kappa shape index (κ3) is 4.06. The number of hydrogen-bond acceptors (Lipinski definition) is 7. The molecule has 1 fully saturated rings. The predicted octanol–water partition coefficient (Wildman–Crippen LogP) is 0.846. The lowest BCUT2D eigenvalue weighted by molar-refractivity contribution is -0.128. The fourth-order valence-electron chi connectivity index (χ4n) is 3.24. The zero-order valence-electron chi connectivity index (χ0n) is 15.6. The highest BCUT2D eigenvalue weighted by Crippen LogP contribution is 2.20. The molecule has 1 aliphatic heterocycles. The minimum absolute atomic E-state index is 0.00277. The molecule has 0 radical (unpaired) electrons. The lowest BCUT2D eigenvalue weighted by atomic mass is 10.2. The second kappa shape index (κ2) is 7.64. The second-order valence-corrected chi connectivity index (χ2v) is 10.0. The molecular weight excluding hydrogens is 414 g/mol. The number of rotatable bonds is 5. The number of aromatic nitrogens is 4. The van der Waals surface area contributed by atoms with E-state index in [9.17, 15) is 18.0 Å². The molecule has 0 saturated carbocycles. The van der Waals surface area contributed by atoms with Crippen LogP contribution in [-0.4, -0.2) is 69.3 Å². The van der Waals surface area contributed by atoms with E-state index in [4.69, 9.17) is 0 Å². The molecule has 1 saturated heterocycles. The number of thioether (sulfide) groups is 1. The van der Waals surface area contributed by atoms with Gasteiger partial charge < -0.3 is 9.88 Å². The molecule has 0 bridgehead atoms. The van der Waals surface area contributed by atoms with Crippen LogP contribution in [0.2, 0.25) is 0 Å². The third-order valence-electron chi connectivity index (χ3n) is 4.90. The summed E-state index contributed by atoms with van der Waals surface area (Å²) in [6.45, 7) is 0. The van der Waals surface area contributed by atoms with Gasteiger partial charge in [-0.25, -0.2) is 18.1 Å². The molecule has 152 valence electrons. The molecule has 1 aromatic carbocycles. The Kier molecular flexibility index (Phi) is 5.17. The number of hydrogen-bond donors (Lipinski definition) is 1. The lowest BCUT2D eigenvalue weighted by Crippen LogP contribution is -2.38. The molecule has 3 heterocycles. The fraction of sp³-hybridized carbons (Fsp3) is 0.333. The first-order chi connectivity index (χ1) is 13.8. The minimum atomic E-state index is -3.07. The Hall–Kier alpha value is -2.66. The first-order valence-corrected chi connectivity index (χ1v) is 11.8. The number of carbonyl (C=O) groups excluding carboxylic acids is 1. The summed E-state index contributed by atoms with van der Waals surface area (Å²) in [5.41, 5.74) is 0.849. The van der Waals surface area contributed by atoms with Crippen molar-refractivity contribution in [3.8, 4) is 5.69 Å². The van der Waals surface area contributed by atoms with Gasteiger partial charge in [0, 0.05) is 13.1 Å². The molecule has 0 aliphatic carbocycles. The molecule has 1 unspecified atom stereocenters. The average molecular weight is 434 g/mol. The van der Waals surface area contributed by atoms with E-state index in [2.05, 4.69) is 15.1 Å². The predicted molar refractivity (Wildman–Crippen MR) is 110 cm³/mol. The lowest BCUT2D eigenvalue weighted by Gasteiger charge is -2.23. The number of carbonyl (C=O) groups is 1. The van der Waals surface area contributed by atoms with Crippen molar-refractivity contribution in [2.24, 2.45) is 0 Å². The molecular formula is C18H19N5O4S2. The molecule has 11 heteroatoms. The van der Waals surface area contributed by atoms with E-state index in [0.29, 0.717) is 22.6 Å². The number of fused-ring (bicyclic) bond motifs is 1. The first-order valence-electron chi connectivity index (χ1n) is 8.96. The Morgan fingerprint density at radius 3 is 2.79 bits per heavy atom. The van der Waals surface area contributed by atoms with Crippen LogP contribution in [0.25, 0.3) is 16.7 Å². The molecule has 1 atom stereocenters. The Morgan fingerprint density at radius 2 is 2.10 bits per heavy atom. The van der Waals surface area contributed by atoms with Crippen LogP contribution in [0.5, 0.6) is 0 Å². The van der Waals surface area contributed by atoms with Gasteiger partial charge in [0.25, 0.3) is 5.56 Å². The van der Waals surface area contributed by atoms with Crippen molar-refractivity contribution in [3.63, 3.8) is 0 Å². The van der Waals surface area contributed by atoms with Gasteiger partial charge in [-0.2, -0.15) is 5.10 Å². The molecule has 4 rings (SSSR count). The highest BCUT2D eigenvalue weighted by atomic mass is 32.2. The van der Waals surface area contributed by atoms with Crippen LogP contribution >= 0.6 is 11.8 Å². The van der Waals surface area contributed by atoms with Crippen molar-refractivity contribution < 1.29 is 13.2 Å². The zero-order chi connectivity index (χ0) is 20.6. The average Bonchev–Trinajstić information content (AvgIpc) is 3.29. The van der Waals surface area contributed by atoms with E-state index in [1.165, 1.54) is 11.1 Å². The number of para-hydroxylation sites is 1. The van der Waals surface area contributed by atoms with Gasteiger partial charge in [0.05, 0.1) is 29.1 Å². The molecule has 0 spiro atoms. The number of aromatic amines is 1. The molecule has 29 heavy (non-hydrogen) atoms. The van der Waals surface area contributed by atoms with Gasteiger partial charge in [-0.3, -0.25) is 9.59 Å². The van der Waals surface area contributed by atoms with E-state index in [0.717, 1.165) is 17.4 Å². The van der Waals surface area contributed by atoms with Gasteiger partial charge in [0.15, 0.2) is 20.6 Å². The maximum atomic E-state index is 12.5. The van der Waals surface area contributed by atoms with Crippen LogP contribution in [-0.2, 0) is 14.6 Å². The number of nitrogens with zero attached hydrogens (tertiary/aromatic N) is 4. The monoisotopic (exact) mass is 433 g/mol. The topological polar surface area (TPSA) is 118 Å². The summed E-state index contributed by atoms with van der Waals surface area (Å²) < 4.78 is 24.8. The summed E-state index contributed by atoms with van der Waals surface area (Å²) in [7, 11) is -1.46. The molecule has 2 aromatic heterocycles. The molecule has 1 N–H and O–H groups in total. The van der Waals surface area contributed by atoms with E-state index in [1.807, 2.05) is 30.3 Å². The largest absolute Gasteiger partial charge is 0.341 e. The summed E-state index contributed by atoms with van der Waals surface area (Å²) in [4.78, 5) is 33.5. The molecule has 3 aromatic rings. The highest BCUT2D eigenvalue weighted by molar-refractivity contribution is 7.99. The van der Waals surface area contributed by atoms with Gasteiger partial charge in [-0.05, 0) is 18.6 Å². The van der Waals surface area contributed by atoms with Crippen LogP contribution in [0.3, 0.4) is 0 Å². The Morgan fingerprint density at radius 1 is 1.34 bits per heavy atom. The quantitative estimate of drug-likeness (QED) is 0.468. The maximum Gasteiger partial charge on any atom is 0.262 e. The highest BCUT2D eigenvalue weighted by Gasteiger charge is 2.32.